The second-order valence-corrected chi connectivity index (χ2v) is 7.21. The number of aliphatic hydroxyl groups is 1. The first-order chi connectivity index (χ1) is 15.1. The zero-order valence-corrected chi connectivity index (χ0v) is 17.1. The van der Waals surface area contributed by atoms with Crippen LogP contribution in [0.4, 0.5) is 11.4 Å². The highest BCUT2D eigenvalue weighted by atomic mass is 16.5. The van der Waals surface area contributed by atoms with Crippen molar-refractivity contribution in [2.24, 2.45) is 7.05 Å². The van der Waals surface area contributed by atoms with E-state index >= 15 is 0 Å². The number of benzene rings is 3. The highest BCUT2D eigenvalue weighted by Gasteiger charge is 2.14. The van der Waals surface area contributed by atoms with Gasteiger partial charge in [-0.1, -0.05) is 30.3 Å². The third-order valence-electron chi connectivity index (χ3n) is 4.92. The zero-order chi connectivity index (χ0) is 21.6. The molecule has 1 atom stereocenters. The summed E-state index contributed by atoms with van der Waals surface area (Å²) >= 11 is 0. The fraction of sp³-hybridized carbons (Fsp3) is 0.120. The number of hydrogen-bond donors (Lipinski definition) is 2. The van der Waals surface area contributed by atoms with Crippen molar-refractivity contribution in [3.63, 3.8) is 0 Å². The molecule has 1 unspecified atom stereocenters. The molecule has 0 radical (unpaired) electrons. The standard InChI is InChI=1S/C25H22N4O2/c1-29-17-27-16-23(29)24(30)12-18-10-11-19(15-26)25(13-18)31-22-9-5-8-21(14-22)28-20-6-3-2-4-7-20/h2-11,13-14,16-17,24,28,30H,12H2,1H3. The van der Waals surface area contributed by atoms with E-state index in [2.05, 4.69) is 16.4 Å². The Balaban J connectivity index is 1.54. The molecule has 6 nitrogen and oxygen atoms in total. The summed E-state index contributed by atoms with van der Waals surface area (Å²) in [6, 6.07) is 24.9. The molecule has 0 aliphatic heterocycles. The van der Waals surface area contributed by atoms with Crippen LogP contribution in [0.3, 0.4) is 0 Å². The zero-order valence-electron chi connectivity index (χ0n) is 17.1. The van der Waals surface area contributed by atoms with Crippen molar-refractivity contribution in [3.05, 3.63) is 102 Å². The van der Waals surface area contributed by atoms with Gasteiger partial charge in [0.05, 0.1) is 29.9 Å². The molecule has 0 fully saturated rings. The van der Waals surface area contributed by atoms with Gasteiger partial charge in [0.2, 0.25) is 0 Å². The lowest BCUT2D eigenvalue weighted by molar-refractivity contribution is 0.170. The fourth-order valence-corrected chi connectivity index (χ4v) is 3.34. The number of nitriles is 1. The van der Waals surface area contributed by atoms with E-state index in [1.54, 1.807) is 29.2 Å². The first-order valence-electron chi connectivity index (χ1n) is 9.89. The van der Waals surface area contributed by atoms with Gasteiger partial charge < -0.3 is 19.7 Å². The maximum atomic E-state index is 10.6. The monoisotopic (exact) mass is 410 g/mol. The molecule has 0 amide bonds. The van der Waals surface area contributed by atoms with Crippen molar-refractivity contribution in [2.45, 2.75) is 12.5 Å². The molecule has 1 aromatic heterocycles. The summed E-state index contributed by atoms with van der Waals surface area (Å²) in [7, 11) is 1.84. The van der Waals surface area contributed by atoms with Crippen LogP contribution in [0.15, 0.2) is 85.3 Å². The summed E-state index contributed by atoms with van der Waals surface area (Å²) in [6.07, 6.45) is 2.99. The van der Waals surface area contributed by atoms with Gasteiger partial charge in [-0.25, -0.2) is 4.98 Å². The van der Waals surface area contributed by atoms with E-state index in [1.165, 1.54) is 0 Å². The van der Waals surface area contributed by atoms with Gasteiger partial charge in [0.25, 0.3) is 0 Å². The Labute approximate surface area is 181 Å². The summed E-state index contributed by atoms with van der Waals surface area (Å²) in [5.41, 5.74) is 3.88. The molecule has 0 spiro atoms. The van der Waals surface area contributed by atoms with Gasteiger partial charge in [0.15, 0.2) is 0 Å². The molecule has 1 heterocycles. The van der Waals surface area contributed by atoms with E-state index in [4.69, 9.17) is 4.74 Å². The molecule has 31 heavy (non-hydrogen) atoms. The summed E-state index contributed by atoms with van der Waals surface area (Å²) in [5, 5.41) is 23.4. The molecule has 4 rings (SSSR count). The van der Waals surface area contributed by atoms with Crippen LogP contribution >= 0.6 is 0 Å². The van der Waals surface area contributed by atoms with E-state index in [0.717, 1.165) is 22.6 Å². The highest BCUT2D eigenvalue weighted by molar-refractivity contribution is 5.61. The predicted molar refractivity (Wildman–Crippen MR) is 119 cm³/mol. The van der Waals surface area contributed by atoms with Crippen molar-refractivity contribution in [1.82, 2.24) is 9.55 Å². The van der Waals surface area contributed by atoms with Gasteiger partial charge in [-0.3, -0.25) is 0 Å². The van der Waals surface area contributed by atoms with Crippen LogP contribution < -0.4 is 10.1 Å². The van der Waals surface area contributed by atoms with Crippen LogP contribution in [0.1, 0.15) is 22.9 Å². The number of aliphatic hydroxyl groups excluding tert-OH is 1. The largest absolute Gasteiger partial charge is 0.456 e. The lowest BCUT2D eigenvalue weighted by Gasteiger charge is -2.14. The maximum Gasteiger partial charge on any atom is 0.145 e. The molecule has 154 valence electrons. The number of hydrogen-bond acceptors (Lipinski definition) is 5. The highest BCUT2D eigenvalue weighted by Crippen LogP contribution is 2.30. The Kier molecular flexibility index (Phi) is 5.97. The summed E-state index contributed by atoms with van der Waals surface area (Å²) in [6.45, 7) is 0. The van der Waals surface area contributed by atoms with Gasteiger partial charge in [0, 0.05) is 30.9 Å². The molecule has 4 aromatic rings. The van der Waals surface area contributed by atoms with Gasteiger partial charge in [-0.15, -0.1) is 0 Å². The van der Waals surface area contributed by atoms with Gasteiger partial charge >= 0.3 is 0 Å². The lowest BCUT2D eigenvalue weighted by Crippen LogP contribution is -2.06. The van der Waals surface area contributed by atoms with Gasteiger partial charge in [0.1, 0.15) is 17.6 Å². The van der Waals surface area contributed by atoms with Crippen molar-refractivity contribution < 1.29 is 9.84 Å². The lowest BCUT2D eigenvalue weighted by atomic mass is 10.0. The number of aryl methyl sites for hydroxylation is 1. The summed E-state index contributed by atoms with van der Waals surface area (Å²) in [4.78, 5) is 4.05. The van der Waals surface area contributed by atoms with E-state index < -0.39 is 6.10 Å². The Morgan fingerprint density at radius 2 is 1.87 bits per heavy atom. The average molecular weight is 410 g/mol. The summed E-state index contributed by atoms with van der Waals surface area (Å²) in [5.74, 6) is 1.07. The summed E-state index contributed by atoms with van der Waals surface area (Å²) < 4.78 is 7.84. The van der Waals surface area contributed by atoms with Gasteiger partial charge in [-0.2, -0.15) is 5.26 Å². The number of aromatic nitrogens is 2. The fourth-order valence-electron chi connectivity index (χ4n) is 3.34. The van der Waals surface area contributed by atoms with Crippen LogP contribution in [-0.2, 0) is 13.5 Å². The Morgan fingerprint density at radius 1 is 1.06 bits per heavy atom. The van der Waals surface area contributed by atoms with Crippen molar-refractivity contribution >= 4 is 11.4 Å². The van der Waals surface area contributed by atoms with Crippen LogP contribution in [-0.4, -0.2) is 14.7 Å². The quantitative estimate of drug-likeness (QED) is 0.443. The molecule has 0 saturated carbocycles. The minimum Gasteiger partial charge on any atom is -0.456 e. The second-order valence-electron chi connectivity index (χ2n) is 7.21. The number of imidazole rings is 1. The molecule has 6 heteroatoms. The van der Waals surface area contributed by atoms with Crippen molar-refractivity contribution in [1.29, 1.82) is 5.26 Å². The molecule has 0 aliphatic carbocycles. The predicted octanol–water partition coefficient (Wildman–Crippen LogP) is 5.10. The number of nitrogens with one attached hydrogen (secondary N) is 1. The van der Waals surface area contributed by atoms with E-state index in [9.17, 15) is 10.4 Å². The molecular formula is C25H22N4O2. The minimum absolute atomic E-state index is 0.386. The molecule has 0 saturated heterocycles. The topological polar surface area (TPSA) is 83.1 Å². The Bertz CT molecular complexity index is 1210. The van der Waals surface area contributed by atoms with Crippen LogP contribution in [0.5, 0.6) is 11.5 Å². The second kappa shape index (κ2) is 9.16. The minimum atomic E-state index is -0.702. The smallest absolute Gasteiger partial charge is 0.145 e. The van der Waals surface area contributed by atoms with E-state index in [1.807, 2.05) is 67.7 Å². The van der Waals surface area contributed by atoms with E-state index in [-0.39, 0.29) is 0 Å². The number of anilines is 2. The Morgan fingerprint density at radius 3 is 2.61 bits per heavy atom. The molecule has 0 aliphatic rings. The van der Waals surface area contributed by atoms with Crippen LogP contribution in [0.2, 0.25) is 0 Å². The van der Waals surface area contributed by atoms with Gasteiger partial charge in [-0.05, 0) is 42.0 Å². The first-order valence-corrected chi connectivity index (χ1v) is 9.89. The van der Waals surface area contributed by atoms with E-state index in [0.29, 0.717) is 23.5 Å². The molecule has 0 bridgehead atoms. The maximum absolute atomic E-state index is 10.6. The normalized spacial score (nSPS) is 11.5. The van der Waals surface area contributed by atoms with Crippen molar-refractivity contribution in [3.8, 4) is 17.6 Å². The molecular weight excluding hydrogens is 388 g/mol. The Hall–Kier alpha value is -4.08. The van der Waals surface area contributed by atoms with Crippen LogP contribution in [0.25, 0.3) is 0 Å². The molecule has 3 aromatic carbocycles. The third kappa shape index (κ3) is 4.92. The average Bonchev–Trinajstić information content (AvgIpc) is 3.21. The number of rotatable bonds is 7. The molecule has 2 N–H and O–H groups in total. The number of nitrogens with zero attached hydrogens (tertiary/aromatic N) is 3. The van der Waals surface area contributed by atoms with Crippen molar-refractivity contribution in [2.75, 3.05) is 5.32 Å². The number of ether oxygens (including phenoxy) is 1. The third-order valence-corrected chi connectivity index (χ3v) is 4.92. The van der Waals surface area contributed by atoms with Crippen LogP contribution in [0, 0.1) is 11.3 Å². The first kappa shape index (κ1) is 20.2. The number of para-hydroxylation sites is 1. The SMILES string of the molecule is Cn1cncc1C(O)Cc1ccc(C#N)c(Oc2cccc(Nc3ccccc3)c2)c1.